The summed E-state index contributed by atoms with van der Waals surface area (Å²) in [5.74, 6) is -0.944. The number of unbranched alkanes of at least 4 members (excludes halogenated alkanes) is 30. The molecule has 0 radical (unpaired) electrons. The van der Waals surface area contributed by atoms with Crippen molar-refractivity contribution in [2.75, 3.05) is 24.7 Å². The predicted molar refractivity (Wildman–Crippen MR) is 256 cm³/mol. The minimum Gasteiger partial charge on any atom is -0.462 e. The molecule has 0 atom stereocenters. The lowest BCUT2D eigenvalue weighted by molar-refractivity contribution is 0.0486. The first-order chi connectivity index (χ1) is 28.3. The number of hydrogen-bond acceptors (Lipinski definition) is 6. The number of benzene rings is 2. The minimum atomic E-state index is -0.472. The first kappa shape index (κ1) is 52.1. The Hall–Kier alpha value is -2.06. The first-order valence-corrected chi connectivity index (χ1v) is 25.4. The Labute approximate surface area is 371 Å². The molecule has 0 aliphatic carbocycles. The van der Waals surface area contributed by atoms with Gasteiger partial charge in [0.1, 0.15) is 0 Å². The van der Waals surface area contributed by atoms with Gasteiger partial charge in [0.2, 0.25) is 0 Å². The number of hydrogen-bond donors (Lipinski definition) is 2. The largest absolute Gasteiger partial charge is 0.462 e. The van der Waals surface area contributed by atoms with Gasteiger partial charge < -0.3 is 20.9 Å². The highest BCUT2D eigenvalue weighted by atomic mass is 79.9. The van der Waals surface area contributed by atoms with E-state index in [9.17, 15) is 9.59 Å². The van der Waals surface area contributed by atoms with E-state index in [-0.39, 0.29) is 0 Å². The maximum atomic E-state index is 13.6. The van der Waals surface area contributed by atoms with Crippen LogP contribution in [0.25, 0.3) is 11.1 Å². The number of carbonyl (C=O) groups is 2. The molecular formula is C50H82Br2N2O4. The molecule has 0 spiro atoms. The lowest BCUT2D eigenvalue weighted by Gasteiger charge is -2.18. The van der Waals surface area contributed by atoms with Crippen LogP contribution in [-0.2, 0) is 9.47 Å². The molecule has 0 aliphatic rings. The van der Waals surface area contributed by atoms with Crippen LogP contribution in [0.3, 0.4) is 0 Å². The average Bonchev–Trinajstić information content (AvgIpc) is 3.20. The van der Waals surface area contributed by atoms with Crippen LogP contribution in [0.1, 0.15) is 240 Å². The Morgan fingerprint density at radius 3 is 0.862 bits per heavy atom. The van der Waals surface area contributed by atoms with E-state index in [0.717, 1.165) is 38.5 Å². The number of carbonyl (C=O) groups excluding carboxylic acids is 2. The van der Waals surface area contributed by atoms with E-state index in [1.165, 1.54) is 167 Å². The summed E-state index contributed by atoms with van der Waals surface area (Å²) < 4.78 is 12.7. The summed E-state index contributed by atoms with van der Waals surface area (Å²) in [5, 5.41) is 0. The van der Waals surface area contributed by atoms with E-state index in [2.05, 4.69) is 45.7 Å². The summed E-state index contributed by atoms with van der Waals surface area (Å²) in [6.45, 7) is 5.22. The van der Waals surface area contributed by atoms with Crippen molar-refractivity contribution in [3.63, 3.8) is 0 Å². The second-order valence-electron chi connectivity index (χ2n) is 16.7. The summed E-state index contributed by atoms with van der Waals surface area (Å²) in [5.41, 5.74) is 14.9. The quantitative estimate of drug-likeness (QED) is 0.0397. The third-order valence-electron chi connectivity index (χ3n) is 11.4. The van der Waals surface area contributed by atoms with Gasteiger partial charge >= 0.3 is 11.9 Å². The molecule has 58 heavy (non-hydrogen) atoms. The van der Waals surface area contributed by atoms with Crippen LogP contribution in [0, 0.1) is 0 Å². The SMILES string of the molecule is CCCCCCCCCCCCCCCCCCOC(=O)c1cc(N)cc(Br)c1-c1c(Br)cc(N)cc1C(=O)OCCCCCCCCCCCCCCCCCC. The molecule has 2 aromatic carbocycles. The van der Waals surface area contributed by atoms with Crippen molar-refractivity contribution in [2.24, 2.45) is 0 Å². The minimum absolute atomic E-state index is 0.292. The lowest BCUT2D eigenvalue weighted by atomic mass is 9.94. The van der Waals surface area contributed by atoms with Crippen molar-refractivity contribution >= 4 is 55.2 Å². The van der Waals surface area contributed by atoms with Crippen molar-refractivity contribution in [1.29, 1.82) is 0 Å². The van der Waals surface area contributed by atoms with E-state index in [1.54, 1.807) is 24.3 Å². The molecule has 0 aromatic heterocycles. The topological polar surface area (TPSA) is 105 Å². The van der Waals surface area contributed by atoms with Gasteiger partial charge in [0.05, 0.1) is 24.3 Å². The Bertz CT molecular complexity index is 1280. The molecule has 0 saturated carbocycles. The fourth-order valence-corrected chi connectivity index (χ4v) is 9.22. The normalized spacial score (nSPS) is 11.3. The highest BCUT2D eigenvalue weighted by molar-refractivity contribution is 9.11. The van der Waals surface area contributed by atoms with Crippen molar-refractivity contribution in [3.05, 3.63) is 44.3 Å². The molecular weight excluding hydrogens is 852 g/mol. The molecule has 0 unspecified atom stereocenters. The fraction of sp³-hybridized carbons (Fsp3) is 0.720. The summed E-state index contributed by atoms with van der Waals surface area (Å²) in [6, 6.07) is 6.70. The van der Waals surface area contributed by atoms with Crippen molar-refractivity contribution in [3.8, 4) is 11.1 Å². The number of anilines is 2. The molecule has 330 valence electrons. The van der Waals surface area contributed by atoms with Crippen LogP contribution < -0.4 is 11.5 Å². The predicted octanol–water partition coefficient (Wildman–Crippen LogP) is 16.9. The Morgan fingerprint density at radius 1 is 0.397 bits per heavy atom. The zero-order valence-corrected chi connectivity index (χ0v) is 40.1. The van der Waals surface area contributed by atoms with E-state index in [1.807, 2.05) is 0 Å². The Kier molecular flexibility index (Phi) is 31.1. The average molecular weight is 935 g/mol. The highest BCUT2D eigenvalue weighted by Gasteiger charge is 2.26. The van der Waals surface area contributed by atoms with Crippen LogP contribution in [0.5, 0.6) is 0 Å². The summed E-state index contributed by atoms with van der Waals surface area (Å²) >= 11 is 7.26. The number of rotatable bonds is 37. The van der Waals surface area contributed by atoms with Crippen LogP contribution in [0.2, 0.25) is 0 Å². The Morgan fingerprint density at radius 2 is 0.621 bits per heavy atom. The summed E-state index contributed by atoms with van der Waals surface area (Å²) in [4.78, 5) is 27.1. The van der Waals surface area contributed by atoms with Crippen molar-refractivity contribution < 1.29 is 19.1 Å². The molecule has 0 amide bonds. The molecule has 6 nitrogen and oxygen atoms in total. The number of halogens is 2. The van der Waals surface area contributed by atoms with E-state index < -0.39 is 11.9 Å². The molecule has 0 aliphatic heterocycles. The monoisotopic (exact) mass is 932 g/mol. The third-order valence-corrected chi connectivity index (χ3v) is 12.6. The standard InChI is InChI=1S/C50H82Br2N2O4/c1-3-5-7-9-11-13-15-17-19-21-23-25-27-29-31-33-35-57-49(55)43-37-41(53)39-45(51)47(43)48-44(38-42(54)40-46(48)52)50(56)58-36-34-32-30-28-26-24-22-20-18-16-14-12-10-8-6-4-2/h37-40H,3-36,53-54H2,1-2H3. The molecule has 2 rings (SSSR count). The van der Waals surface area contributed by atoms with Gasteiger partial charge in [-0.3, -0.25) is 0 Å². The molecule has 0 bridgehead atoms. The van der Waals surface area contributed by atoms with E-state index in [0.29, 0.717) is 55.8 Å². The molecule has 8 heteroatoms. The van der Waals surface area contributed by atoms with Crippen molar-refractivity contribution in [1.82, 2.24) is 0 Å². The smallest absolute Gasteiger partial charge is 0.338 e. The van der Waals surface area contributed by atoms with Gasteiger partial charge in [0.15, 0.2) is 0 Å². The van der Waals surface area contributed by atoms with Gasteiger partial charge in [0, 0.05) is 31.4 Å². The van der Waals surface area contributed by atoms with Crippen LogP contribution in [-0.4, -0.2) is 25.2 Å². The molecule has 4 N–H and O–H groups in total. The van der Waals surface area contributed by atoms with Gasteiger partial charge in [0.25, 0.3) is 0 Å². The van der Waals surface area contributed by atoms with Crippen molar-refractivity contribution in [2.45, 2.75) is 219 Å². The summed E-state index contributed by atoms with van der Waals surface area (Å²) in [7, 11) is 0. The molecule has 0 heterocycles. The maximum Gasteiger partial charge on any atom is 0.338 e. The fourth-order valence-electron chi connectivity index (χ4n) is 7.87. The van der Waals surface area contributed by atoms with Crippen LogP contribution in [0.15, 0.2) is 33.2 Å². The summed E-state index contributed by atoms with van der Waals surface area (Å²) in [6.07, 6.45) is 41.2. The Balaban J connectivity index is 1.73. The number of esters is 2. The highest BCUT2D eigenvalue weighted by Crippen LogP contribution is 2.42. The van der Waals surface area contributed by atoms with Crippen LogP contribution >= 0.6 is 31.9 Å². The van der Waals surface area contributed by atoms with Crippen LogP contribution in [0.4, 0.5) is 11.4 Å². The number of nitrogens with two attached hydrogens (primary N) is 2. The zero-order chi connectivity index (χ0) is 42.1. The third kappa shape index (κ3) is 23.7. The van der Waals surface area contributed by atoms with Gasteiger partial charge in [-0.05, 0) is 37.1 Å². The zero-order valence-electron chi connectivity index (χ0n) is 36.9. The van der Waals surface area contributed by atoms with E-state index >= 15 is 0 Å². The second-order valence-corrected chi connectivity index (χ2v) is 18.4. The molecule has 0 saturated heterocycles. The lowest BCUT2D eigenvalue weighted by Crippen LogP contribution is -2.13. The number of ether oxygens (including phenoxy) is 2. The maximum absolute atomic E-state index is 13.6. The second kappa shape index (κ2) is 34.6. The van der Waals surface area contributed by atoms with E-state index in [4.69, 9.17) is 20.9 Å². The molecule has 0 fully saturated rings. The number of nitrogen functional groups attached to an aromatic ring is 2. The van der Waals surface area contributed by atoms with Gasteiger partial charge in [-0.1, -0.05) is 238 Å². The van der Waals surface area contributed by atoms with Gasteiger partial charge in [-0.2, -0.15) is 0 Å². The first-order valence-electron chi connectivity index (χ1n) is 23.8. The van der Waals surface area contributed by atoms with Gasteiger partial charge in [-0.25, -0.2) is 9.59 Å². The van der Waals surface area contributed by atoms with Gasteiger partial charge in [-0.15, -0.1) is 0 Å². The molecule has 2 aromatic rings.